The molecule has 0 aromatic heterocycles. The summed E-state index contributed by atoms with van der Waals surface area (Å²) in [4.78, 5) is 9.87. The number of nitrogens with one attached hydrogen (secondary N) is 1. The summed E-state index contributed by atoms with van der Waals surface area (Å²) in [6.45, 7) is 7.68. The van der Waals surface area contributed by atoms with E-state index in [0.717, 1.165) is 74.2 Å². The number of rotatable bonds is 4. The highest BCUT2D eigenvalue weighted by Gasteiger charge is 2.46. The summed E-state index contributed by atoms with van der Waals surface area (Å²) in [7, 11) is 0. The van der Waals surface area contributed by atoms with E-state index in [4.69, 9.17) is 19.2 Å². The van der Waals surface area contributed by atoms with Crippen molar-refractivity contribution in [3.05, 3.63) is 47.5 Å². The zero-order valence-electron chi connectivity index (χ0n) is 17.9. The van der Waals surface area contributed by atoms with Gasteiger partial charge < -0.3 is 24.4 Å². The zero-order chi connectivity index (χ0) is 20.8. The summed E-state index contributed by atoms with van der Waals surface area (Å²) < 4.78 is 17.1. The number of fused-ring (bicyclic) bond motifs is 5. The summed E-state index contributed by atoms with van der Waals surface area (Å²) in [5.74, 6) is 3.65. The van der Waals surface area contributed by atoms with Gasteiger partial charge in [-0.1, -0.05) is 12.1 Å². The fourth-order valence-electron chi connectivity index (χ4n) is 5.30. The average Bonchev–Trinajstić information content (AvgIpc) is 3.46. The molecule has 1 saturated heterocycles. The number of para-hydroxylation sites is 1. The first-order valence-electron chi connectivity index (χ1n) is 11.2. The van der Waals surface area contributed by atoms with Crippen molar-refractivity contribution in [1.29, 1.82) is 0 Å². The van der Waals surface area contributed by atoms with Crippen LogP contribution in [0.5, 0.6) is 17.2 Å². The molecule has 162 valence electrons. The van der Waals surface area contributed by atoms with Crippen molar-refractivity contribution in [2.24, 2.45) is 4.99 Å². The maximum absolute atomic E-state index is 5.91. The van der Waals surface area contributed by atoms with E-state index in [1.54, 1.807) is 0 Å². The quantitative estimate of drug-likeness (QED) is 0.819. The second-order valence-electron chi connectivity index (χ2n) is 8.58. The lowest BCUT2D eigenvalue weighted by Gasteiger charge is -2.52. The highest BCUT2D eigenvalue weighted by Crippen LogP contribution is 2.41. The minimum atomic E-state index is -0.0438. The average molecular weight is 421 g/mol. The van der Waals surface area contributed by atoms with Crippen LogP contribution in [0.15, 0.2) is 41.4 Å². The molecule has 4 heterocycles. The minimum Gasteiger partial charge on any atom is -0.493 e. The van der Waals surface area contributed by atoms with Crippen molar-refractivity contribution in [2.75, 3.05) is 44.9 Å². The topological polar surface area (TPSA) is 58.6 Å². The number of amidine groups is 1. The van der Waals surface area contributed by atoms with E-state index in [9.17, 15) is 0 Å². The Morgan fingerprint density at radius 1 is 1.10 bits per heavy atom. The fraction of sp³-hybridized carbons (Fsp3) is 0.458. The van der Waals surface area contributed by atoms with Gasteiger partial charge in [0.1, 0.15) is 17.2 Å². The van der Waals surface area contributed by atoms with Gasteiger partial charge in [-0.3, -0.25) is 9.89 Å². The molecule has 31 heavy (non-hydrogen) atoms. The molecule has 0 saturated carbocycles. The molecule has 7 nitrogen and oxygen atoms in total. The van der Waals surface area contributed by atoms with Crippen molar-refractivity contribution in [3.8, 4) is 17.2 Å². The second-order valence-corrected chi connectivity index (χ2v) is 8.58. The van der Waals surface area contributed by atoms with E-state index in [-0.39, 0.29) is 12.5 Å². The van der Waals surface area contributed by atoms with Crippen LogP contribution in [0.1, 0.15) is 30.9 Å². The molecule has 0 unspecified atom stereocenters. The number of likely N-dealkylation sites (tertiary alicyclic amines) is 1. The SMILES string of the molecule is CCOc1cc2c(cc1CN1CCC3(CC1)Nc1ccccc1C1=NCCN13)OCO2. The number of benzene rings is 2. The first kappa shape index (κ1) is 18.8. The number of hydrogen-bond donors (Lipinski definition) is 1. The van der Waals surface area contributed by atoms with Gasteiger partial charge in [0.05, 0.1) is 13.2 Å². The molecule has 0 aliphatic carbocycles. The van der Waals surface area contributed by atoms with Gasteiger partial charge in [-0.05, 0) is 25.1 Å². The maximum Gasteiger partial charge on any atom is 0.231 e. The number of nitrogens with zero attached hydrogens (tertiary/aromatic N) is 3. The van der Waals surface area contributed by atoms with Gasteiger partial charge in [0, 0.05) is 61.9 Å². The lowest BCUT2D eigenvalue weighted by Crippen LogP contribution is -2.63. The highest BCUT2D eigenvalue weighted by atomic mass is 16.7. The van der Waals surface area contributed by atoms with E-state index in [1.165, 1.54) is 11.3 Å². The van der Waals surface area contributed by atoms with Gasteiger partial charge in [-0.25, -0.2) is 0 Å². The number of aliphatic imine (C=N–C) groups is 1. The fourth-order valence-corrected chi connectivity index (χ4v) is 5.30. The first-order chi connectivity index (χ1) is 15.3. The van der Waals surface area contributed by atoms with Crippen molar-refractivity contribution in [3.63, 3.8) is 0 Å². The summed E-state index contributed by atoms with van der Waals surface area (Å²) in [5, 5.41) is 3.89. The Labute approximate surface area is 182 Å². The van der Waals surface area contributed by atoms with E-state index in [0.29, 0.717) is 6.61 Å². The van der Waals surface area contributed by atoms with E-state index in [2.05, 4.69) is 45.4 Å². The van der Waals surface area contributed by atoms with Crippen LogP contribution in [0.2, 0.25) is 0 Å². The monoisotopic (exact) mass is 420 g/mol. The van der Waals surface area contributed by atoms with Gasteiger partial charge in [0.2, 0.25) is 6.79 Å². The largest absolute Gasteiger partial charge is 0.493 e. The lowest BCUT2D eigenvalue weighted by atomic mass is 9.90. The molecule has 4 aliphatic rings. The van der Waals surface area contributed by atoms with E-state index < -0.39 is 0 Å². The van der Waals surface area contributed by atoms with Crippen molar-refractivity contribution in [2.45, 2.75) is 32.0 Å². The molecule has 1 fully saturated rings. The number of piperidine rings is 1. The predicted molar refractivity (Wildman–Crippen MR) is 119 cm³/mol. The molecule has 0 amide bonds. The number of ether oxygens (including phenoxy) is 3. The van der Waals surface area contributed by atoms with Crippen LogP contribution in [0.3, 0.4) is 0 Å². The third kappa shape index (κ3) is 3.10. The Hall–Kier alpha value is -2.93. The van der Waals surface area contributed by atoms with Crippen LogP contribution in [-0.4, -0.2) is 60.9 Å². The Bertz CT molecular complexity index is 1030. The molecule has 2 aromatic carbocycles. The van der Waals surface area contributed by atoms with Crippen LogP contribution in [0, 0.1) is 0 Å². The van der Waals surface area contributed by atoms with Crippen LogP contribution in [0.25, 0.3) is 0 Å². The van der Waals surface area contributed by atoms with Crippen LogP contribution in [-0.2, 0) is 6.54 Å². The van der Waals surface area contributed by atoms with Crippen LogP contribution in [0.4, 0.5) is 5.69 Å². The third-order valence-electron chi connectivity index (χ3n) is 6.83. The summed E-state index contributed by atoms with van der Waals surface area (Å²) in [6.07, 6.45) is 2.10. The van der Waals surface area contributed by atoms with E-state index in [1.807, 2.05) is 13.0 Å². The Morgan fingerprint density at radius 3 is 2.74 bits per heavy atom. The van der Waals surface area contributed by atoms with Gasteiger partial charge in [0.25, 0.3) is 0 Å². The highest BCUT2D eigenvalue weighted by molar-refractivity contribution is 6.06. The summed E-state index contributed by atoms with van der Waals surface area (Å²) in [5.41, 5.74) is 3.56. The first-order valence-corrected chi connectivity index (χ1v) is 11.2. The van der Waals surface area contributed by atoms with Crippen LogP contribution >= 0.6 is 0 Å². The molecule has 7 heteroatoms. The summed E-state index contributed by atoms with van der Waals surface area (Å²) in [6, 6.07) is 12.6. The molecule has 6 rings (SSSR count). The molecule has 2 aromatic rings. The van der Waals surface area contributed by atoms with Crippen molar-refractivity contribution >= 4 is 11.5 Å². The van der Waals surface area contributed by atoms with E-state index >= 15 is 0 Å². The second kappa shape index (κ2) is 7.34. The van der Waals surface area contributed by atoms with Gasteiger partial charge >= 0.3 is 0 Å². The normalized spacial score (nSPS) is 20.8. The smallest absolute Gasteiger partial charge is 0.231 e. The molecule has 4 aliphatic heterocycles. The Balaban J connectivity index is 1.21. The molecule has 0 bridgehead atoms. The molecule has 1 N–H and O–H groups in total. The molecular weight excluding hydrogens is 392 g/mol. The van der Waals surface area contributed by atoms with Crippen LogP contribution < -0.4 is 19.5 Å². The minimum absolute atomic E-state index is 0.0438. The van der Waals surface area contributed by atoms with Gasteiger partial charge in [-0.2, -0.15) is 0 Å². The Morgan fingerprint density at radius 2 is 1.90 bits per heavy atom. The summed E-state index contributed by atoms with van der Waals surface area (Å²) >= 11 is 0. The van der Waals surface area contributed by atoms with Crippen molar-refractivity contribution in [1.82, 2.24) is 9.80 Å². The number of hydrogen-bond acceptors (Lipinski definition) is 7. The molecule has 1 spiro atoms. The maximum atomic E-state index is 5.91. The Kier molecular flexibility index (Phi) is 4.45. The standard InChI is InChI=1S/C24H28N4O3/c1-2-29-20-14-22-21(30-16-31-22)13-17(20)15-27-10-7-24(8-11-27)26-19-6-4-3-5-18(19)23-25-9-12-28(23)24/h3-6,13-14,26H,2,7-12,15-16H2,1H3. The predicted octanol–water partition coefficient (Wildman–Crippen LogP) is 3.29. The van der Waals surface area contributed by atoms with Gasteiger partial charge in [-0.15, -0.1) is 0 Å². The van der Waals surface area contributed by atoms with Crippen molar-refractivity contribution < 1.29 is 14.2 Å². The number of anilines is 1. The molecular formula is C24H28N4O3. The lowest BCUT2D eigenvalue weighted by molar-refractivity contribution is 0.0889. The zero-order valence-corrected chi connectivity index (χ0v) is 17.9. The van der Waals surface area contributed by atoms with Gasteiger partial charge in [0.15, 0.2) is 11.5 Å². The molecule has 0 atom stereocenters. The molecule has 0 radical (unpaired) electrons. The third-order valence-corrected chi connectivity index (χ3v) is 6.83.